The molecule has 0 spiro atoms. The summed E-state index contributed by atoms with van der Waals surface area (Å²) >= 11 is 0. The molecule has 92 valence electrons. The van der Waals surface area contributed by atoms with Crippen LogP contribution in [0.1, 0.15) is 40.5 Å². The maximum Gasteiger partial charge on any atom is 0.236 e. The van der Waals surface area contributed by atoms with Gasteiger partial charge in [-0.1, -0.05) is 13.8 Å². The summed E-state index contributed by atoms with van der Waals surface area (Å²) in [5, 5.41) is 0. The standard InChI is InChI=1S/C10H23NO3S/c1-9(2)6-5-7-14-8-15(12,13)11-10(3)4/h9-11H,5-8H2,1-4H3. The lowest BCUT2D eigenvalue weighted by Gasteiger charge is -2.10. The van der Waals surface area contributed by atoms with Crippen molar-refractivity contribution in [2.45, 2.75) is 46.6 Å². The quantitative estimate of drug-likeness (QED) is 0.654. The lowest BCUT2D eigenvalue weighted by molar-refractivity contribution is 0.167. The number of sulfonamides is 1. The van der Waals surface area contributed by atoms with Gasteiger partial charge in [0.25, 0.3) is 0 Å². The molecule has 0 unspecified atom stereocenters. The van der Waals surface area contributed by atoms with E-state index in [1.165, 1.54) is 0 Å². The smallest absolute Gasteiger partial charge is 0.236 e. The van der Waals surface area contributed by atoms with Crippen LogP contribution in [0.25, 0.3) is 0 Å². The van der Waals surface area contributed by atoms with E-state index < -0.39 is 10.0 Å². The van der Waals surface area contributed by atoms with Crippen molar-refractivity contribution in [1.29, 1.82) is 0 Å². The maximum atomic E-state index is 11.3. The minimum atomic E-state index is -3.25. The maximum absolute atomic E-state index is 11.3. The Hall–Kier alpha value is -0.130. The van der Waals surface area contributed by atoms with Crippen LogP contribution < -0.4 is 4.72 Å². The van der Waals surface area contributed by atoms with Crippen molar-refractivity contribution in [3.8, 4) is 0 Å². The first-order chi connectivity index (χ1) is 6.83. The van der Waals surface area contributed by atoms with E-state index in [9.17, 15) is 8.42 Å². The number of nitrogens with one attached hydrogen (secondary N) is 1. The zero-order valence-electron chi connectivity index (χ0n) is 10.1. The van der Waals surface area contributed by atoms with Gasteiger partial charge in [0.2, 0.25) is 10.0 Å². The van der Waals surface area contributed by atoms with Crippen molar-refractivity contribution in [3.63, 3.8) is 0 Å². The van der Waals surface area contributed by atoms with Crippen molar-refractivity contribution < 1.29 is 13.2 Å². The second-order valence-corrected chi connectivity index (χ2v) is 6.15. The van der Waals surface area contributed by atoms with Crippen LogP contribution in [-0.4, -0.2) is 27.0 Å². The number of ether oxygens (including phenoxy) is 1. The molecule has 0 atom stereocenters. The highest BCUT2D eigenvalue weighted by Crippen LogP contribution is 2.03. The normalized spacial score (nSPS) is 12.7. The molecule has 0 aromatic rings. The van der Waals surface area contributed by atoms with Gasteiger partial charge in [-0.05, 0) is 32.6 Å². The molecule has 0 aliphatic carbocycles. The van der Waals surface area contributed by atoms with E-state index in [1.807, 2.05) is 0 Å². The molecule has 4 nitrogen and oxygen atoms in total. The minimum absolute atomic E-state index is 0.0748. The monoisotopic (exact) mass is 237 g/mol. The number of rotatable bonds is 8. The molecule has 0 saturated heterocycles. The molecule has 0 radical (unpaired) electrons. The molecule has 0 aliphatic rings. The van der Waals surface area contributed by atoms with Crippen LogP contribution in [0.15, 0.2) is 0 Å². The molecule has 0 fully saturated rings. The molecule has 0 aromatic carbocycles. The average molecular weight is 237 g/mol. The van der Waals surface area contributed by atoms with E-state index >= 15 is 0 Å². The van der Waals surface area contributed by atoms with Gasteiger partial charge in [0.05, 0.1) is 0 Å². The summed E-state index contributed by atoms with van der Waals surface area (Å²) in [5.41, 5.74) is 0. The Morgan fingerprint density at radius 2 is 1.80 bits per heavy atom. The zero-order valence-corrected chi connectivity index (χ0v) is 10.9. The lowest BCUT2D eigenvalue weighted by atomic mass is 10.1. The summed E-state index contributed by atoms with van der Waals surface area (Å²) < 4.78 is 30.2. The fourth-order valence-electron chi connectivity index (χ4n) is 1.16. The van der Waals surface area contributed by atoms with E-state index in [1.54, 1.807) is 13.8 Å². The van der Waals surface area contributed by atoms with Gasteiger partial charge in [-0.2, -0.15) is 0 Å². The largest absolute Gasteiger partial charge is 0.364 e. The molecule has 0 saturated carbocycles. The Kier molecular flexibility index (Phi) is 7.13. The van der Waals surface area contributed by atoms with E-state index in [4.69, 9.17) is 4.74 Å². The SMILES string of the molecule is CC(C)CCCOCS(=O)(=O)NC(C)C. The summed E-state index contributed by atoms with van der Waals surface area (Å²) in [5.74, 6) is 0.405. The molecular weight excluding hydrogens is 214 g/mol. The van der Waals surface area contributed by atoms with Crippen molar-refractivity contribution in [2.75, 3.05) is 12.5 Å². The fourth-order valence-corrected chi connectivity index (χ4v) is 2.28. The Morgan fingerprint density at radius 3 is 2.27 bits per heavy atom. The van der Waals surface area contributed by atoms with Gasteiger partial charge in [0.1, 0.15) is 0 Å². The Bertz CT molecular complexity index is 247. The third kappa shape index (κ3) is 10.2. The predicted octanol–water partition coefficient (Wildman–Crippen LogP) is 1.72. The van der Waals surface area contributed by atoms with Crippen LogP contribution in [0.4, 0.5) is 0 Å². The molecule has 5 heteroatoms. The van der Waals surface area contributed by atoms with Crippen LogP contribution >= 0.6 is 0 Å². The van der Waals surface area contributed by atoms with Crippen molar-refractivity contribution in [3.05, 3.63) is 0 Å². The third-order valence-electron chi connectivity index (χ3n) is 1.72. The van der Waals surface area contributed by atoms with Crippen molar-refractivity contribution in [1.82, 2.24) is 4.72 Å². The van der Waals surface area contributed by atoms with Crippen LogP contribution in [0.5, 0.6) is 0 Å². The first-order valence-corrected chi connectivity index (χ1v) is 7.06. The van der Waals surface area contributed by atoms with Crippen LogP contribution in [0.3, 0.4) is 0 Å². The Balaban J connectivity index is 3.58. The van der Waals surface area contributed by atoms with Gasteiger partial charge >= 0.3 is 0 Å². The Morgan fingerprint density at radius 1 is 1.20 bits per heavy atom. The molecule has 0 amide bonds. The second-order valence-electron chi connectivity index (χ2n) is 4.45. The van der Waals surface area contributed by atoms with Crippen molar-refractivity contribution in [2.24, 2.45) is 5.92 Å². The average Bonchev–Trinajstić information content (AvgIpc) is 1.99. The highest BCUT2D eigenvalue weighted by Gasteiger charge is 2.11. The topological polar surface area (TPSA) is 55.4 Å². The molecular formula is C10H23NO3S. The van der Waals surface area contributed by atoms with Crippen LogP contribution in [0, 0.1) is 5.92 Å². The van der Waals surface area contributed by atoms with E-state index in [2.05, 4.69) is 18.6 Å². The van der Waals surface area contributed by atoms with Crippen LogP contribution in [0.2, 0.25) is 0 Å². The van der Waals surface area contributed by atoms with E-state index in [0.29, 0.717) is 12.5 Å². The second kappa shape index (κ2) is 7.19. The zero-order chi connectivity index (χ0) is 11.9. The first kappa shape index (κ1) is 14.9. The summed E-state index contributed by atoms with van der Waals surface area (Å²) in [7, 11) is -3.25. The predicted molar refractivity (Wildman–Crippen MR) is 62.1 cm³/mol. The molecule has 15 heavy (non-hydrogen) atoms. The van der Waals surface area contributed by atoms with Gasteiger partial charge in [-0.15, -0.1) is 0 Å². The third-order valence-corrected chi connectivity index (χ3v) is 3.03. The first-order valence-electron chi connectivity index (χ1n) is 5.41. The summed E-state index contributed by atoms with van der Waals surface area (Å²) in [4.78, 5) is 0. The molecule has 0 rings (SSSR count). The van der Waals surface area contributed by atoms with Gasteiger partial charge in [-0.25, -0.2) is 13.1 Å². The summed E-state index contributed by atoms with van der Waals surface area (Å²) in [6.45, 7) is 8.36. The molecule has 0 heterocycles. The fraction of sp³-hybridized carbons (Fsp3) is 1.00. The molecule has 0 aliphatic heterocycles. The van der Waals surface area contributed by atoms with Gasteiger partial charge in [0, 0.05) is 12.6 Å². The Labute approximate surface area is 93.4 Å². The minimum Gasteiger partial charge on any atom is -0.364 e. The highest BCUT2D eigenvalue weighted by atomic mass is 32.2. The molecule has 1 N–H and O–H groups in total. The van der Waals surface area contributed by atoms with Gasteiger partial charge in [-0.3, -0.25) is 0 Å². The van der Waals surface area contributed by atoms with Crippen molar-refractivity contribution >= 4 is 10.0 Å². The van der Waals surface area contributed by atoms with Gasteiger partial charge < -0.3 is 4.74 Å². The highest BCUT2D eigenvalue weighted by molar-refractivity contribution is 7.89. The lowest BCUT2D eigenvalue weighted by Crippen LogP contribution is -2.33. The summed E-state index contributed by atoms with van der Waals surface area (Å²) in [6, 6.07) is -0.0748. The van der Waals surface area contributed by atoms with E-state index in [0.717, 1.165) is 12.8 Å². The molecule has 0 bridgehead atoms. The van der Waals surface area contributed by atoms with Gasteiger partial charge in [0.15, 0.2) is 5.94 Å². The number of hydrogen-bond donors (Lipinski definition) is 1. The molecule has 0 aromatic heterocycles. The van der Waals surface area contributed by atoms with Crippen LogP contribution in [-0.2, 0) is 14.8 Å². The van der Waals surface area contributed by atoms with E-state index in [-0.39, 0.29) is 12.0 Å². The number of hydrogen-bond acceptors (Lipinski definition) is 3. The summed E-state index contributed by atoms with van der Waals surface area (Å²) in [6.07, 6.45) is 1.98.